The molecule has 1 aromatic heterocycles. The summed E-state index contributed by atoms with van der Waals surface area (Å²) >= 11 is 3.35. The van der Waals surface area contributed by atoms with Gasteiger partial charge in [0.25, 0.3) is 0 Å². The Balaban J connectivity index is 2.22. The van der Waals surface area contributed by atoms with Crippen LogP contribution in [0.25, 0.3) is 6.08 Å². The van der Waals surface area contributed by atoms with E-state index in [0.29, 0.717) is 5.92 Å². The van der Waals surface area contributed by atoms with Crippen molar-refractivity contribution >= 4 is 35.1 Å². The van der Waals surface area contributed by atoms with Crippen molar-refractivity contribution in [1.29, 1.82) is 0 Å². The lowest BCUT2D eigenvalue weighted by atomic mass is 10.2. The first-order valence-corrected chi connectivity index (χ1v) is 7.31. The second-order valence-electron chi connectivity index (χ2n) is 3.74. The van der Waals surface area contributed by atoms with Crippen LogP contribution >= 0.6 is 23.1 Å². The summed E-state index contributed by atoms with van der Waals surface area (Å²) in [4.78, 5) is 16.1. The molecule has 0 amide bonds. The molecule has 0 aromatic carbocycles. The Labute approximate surface area is 103 Å². The third-order valence-electron chi connectivity index (χ3n) is 2.33. The van der Waals surface area contributed by atoms with Crippen molar-refractivity contribution in [3.63, 3.8) is 0 Å². The number of hydrogen-bond acceptors (Lipinski definition) is 4. The standard InChI is InChI=1S/C11H13NO2S2/c1-15-6-9-12-11(7-2-3-7)8(16-9)4-5-10(13)14/h4-5,7H,2-3,6H2,1H3,(H,13,14)/b5-4+. The van der Waals surface area contributed by atoms with Crippen LogP contribution in [0.4, 0.5) is 0 Å². The van der Waals surface area contributed by atoms with Crippen molar-refractivity contribution in [3.05, 3.63) is 21.7 Å². The van der Waals surface area contributed by atoms with E-state index < -0.39 is 5.97 Å². The van der Waals surface area contributed by atoms with E-state index in [4.69, 9.17) is 5.11 Å². The molecule has 3 nitrogen and oxygen atoms in total. The minimum absolute atomic E-state index is 0.570. The molecule has 1 aromatic rings. The van der Waals surface area contributed by atoms with Gasteiger partial charge in [0.15, 0.2) is 0 Å². The van der Waals surface area contributed by atoms with E-state index in [2.05, 4.69) is 4.98 Å². The fourth-order valence-corrected chi connectivity index (χ4v) is 3.24. The van der Waals surface area contributed by atoms with Gasteiger partial charge in [-0.15, -0.1) is 11.3 Å². The SMILES string of the molecule is CSCc1nc(C2CC2)c(/C=C/C(=O)O)s1. The number of aromatic nitrogens is 1. The number of carbonyl (C=O) groups is 1. The average Bonchev–Trinajstić information content (AvgIpc) is 2.99. The number of carboxylic acid groups (broad SMARTS) is 1. The molecule has 1 N–H and O–H groups in total. The first-order chi connectivity index (χ1) is 7.70. The number of aliphatic carboxylic acids is 1. The lowest BCUT2D eigenvalue weighted by Gasteiger charge is -1.91. The third kappa shape index (κ3) is 2.86. The lowest BCUT2D eigenvalue weighted by Crippen LogP contribution is -1.87. The molecule has 86 valence electrons. The maximum absolute atomic E-state index is 10.5. The van der Waals surface area contributed by atoms with E-state index in [0.717, 1.165) is 21.3 Å². The number of hydrogen-bond donors (Lipinski definition) is 1. The Morgan fingerprint density at radius 3 is 3.00 bits per heavy atom. The second kappa shape index (κ2) is 5.01. The van der Waals surface area contributed by atoms with E-state index in [-0.39, 0.29) is 0 Å². The molecular weight excluding hydrogens is 242 g/mol. The largest absolute Gasteiger partial charge is 0.478 e. The highest BCUT2D eigenvalue weighted by molar-refractivity contribution is 7.97. The zero-order valence-corrected chi connectivity index (χ0v) is 10.6. The minimum atomic E-state index is -0.901. The van der Waals surface area contributed by atoms with Crippen LogP contribution < -0.4 is 0 Å². The molecule has 2 rings (SSSR count). The van der Waals surface area contributed by atoms with Crippen LogP contribution in [-0.4, -0.2) is 22.3 Å². The number of nitrogens with zero attached hydrogens (tertiary/aromatic N) is 1. The number of thioether (sulfide) groups is 1. The fraction of sp³-hybridized carbons (Fsp3) is 0.455. The number of thiazole rings is 1. The van der Waals surface area contributed by atoms with E-state index in [9.17, 15) is 4.79 Å². The van der Waals surface area contributed by atoms with Crippen LogP contribution in [-0.2, 0) is 10.5 Å². The van der Waals surface area contributed by atoms with Gasteiger partial charge in [-0.1, -0.05) is 0 Å². The highest BCUT2D eigenvalue weighted by Gasteiger charge is 2.28. The van der Waals surface area contributed by atoms with Gasteiger partial charge in [-0.2, -0.15) is 11.8 Å². The van der Waals surface area contributed by atoms with Gasteiger partial charge in [-0.3, -0.25) is 0 Å². The highest BCUT2D eigenvalue weighted by atomic mass is 32.2. The van der Waals surface area contributed by atoms with Crippen molar-refractivity contribution < 1.29 is 9.90 Å². The molecule has 0 spiro atoms. The van der Waals surface area contributed by atoms with E-state index in [1.54, 1.807) is 29.2 Å². The molecule has 1 fully saturated rings. The molecule has 1 aliphatic carbocycles. The molecule has 0 atom stereocenters. The van der Waals surface area contributed by atoms with Crippen LogP contribution in [0, 0.1) is 0 Å². The van der Waals surface area contributed by atoms with Crippen molar-refractivity contribution in [3.8, 4) is 0 Å². The topological polar surface area (TPSA) is 50.2 Å². The zero-order chi connectivity index (χ0) is 11.5. The summed E-state index contributed by atoms with van der Waals surface area (Å²) in [6, 6.07) is 0. The van der Waals surface area contributed by atoms with E-state index in [1.807, 2.05) is 6.26 Å². The minimum Gasteiger partial charge on any atom is -0.478 e. The molecule has 1 saturated carbocycles. The van der Waals surface area contributed by atoms with Gasteiger partial charge in [-0.25, -0.2) is 9.78 Å². The van der Waals surface area contributed by atoms with Gasteiger partial charge < -0.3 is 5.11 Å². The van der Waals surface area contributed by atoms with E-state index >= 15 is 0 Å². The van der Waals surface area contributed by atoms with Crippen LogP contribution in [0.2, 0.25) is 0 Å². The Hall–Kier alpha value is -0.810. The molecule has 0 unspecified atom stereocenters. The van der Waals surface area contributed by atoms with E-state index in [1.165, 1.54) is 18.9 Å². The summed E-state index contributed by atoms with van der Waals surface area (Å²) < 4.78 is 0. The highest BCUT2D eigenvalue weighted by Crippen LogP contribution is 2.43. The molecule has 0 saturated heterocycles. The quantitative estimate of drug-likeness (QED) is 0.822. The Morgan fingerprint density at radius 2 is 2.44 bits per heavy atom. The molecular formula is C11H13NO2S2. The summed E-state index contributed by atoms with van der Waals surface area (Å²) in [5.41, 5.74) is 1.10. The Bertz CT molecular complexity index is 422. The molecule has 0 radical (unpaired) electrons. The molecule has 1 aliphatic rings. The van der Waals surface area contributed by atoms with Gasteiger partial charge in [-0.05, 0) is 25.2 Å². The van der Waals surface area contributed by atoms with Gasteiger partial charge in [0.05, 0.1) is 10.6 Å². The smallest absolute Gasteiger partial charge is 0.328 e. The summed E-state index contributed by atoms with van der Waals surface area (Å²) in [6.45, 7) is 0. The zero-order valence-electron chi connectivity index (χ0n) is 8.97. The van der Waals surface area contributed by atoms with Crippen LogP contribution in [0.15, 0.2) is 6.08 Å². The normalized spacial score (nSPS) is 15.8. The molecule has 0 bridgehead atoms. The maximum atomic E-state index is 10.5. The number of rotatable bonds is 5. The average molecular weight is 255 g/mol. The monoisotopic (exact) mass is 255 g/mol. The van der Waals surface area contributed by atoms with Crippen molar-refractivity contribution in [1.82, 2.24) is 4.98 Å². The predicted octanol–water partition coefficient (Wildman–Crippen LogP) is 2.98. The second-order valence-corrected chi connectivity index (χ2v) is 5.72. The van der Waals surface area contributed by atoms with Crippen LogP contribution in [0.5, 0.6) is 0 Å². The van der Waals surface area contributed by atoms with Crippen LogP contribution in [0.3, 0.4) is 0 Å². The Morgan fingerprint density at radius 1 is 1.69 bits per heavy atom. The maximum Gasteiger partial charge on any atom is 0.328 e. The number of carboxylic acids is 1. The van der Waals surface area contributed by atoms with Crippen molar-refractivity contribution in [2.75, 3.05) is 6.26 Å². The molecule has 5 heteroatoms. The summed E-state index contributed by atoms with van der Waals surface area (Å²) in [7, 11) is 0. The Kier molecular flexibility index (Phi) is 3.66. The predicted molar refractivity (Wildman–Crippen MR) is 68.0 cm³/mol. The van der Waals surface area contributed by atoms with Crippen molar-refractivity contribution in [2.45, 2.75) is 24.5 Å². The van der Waals surface area contributed by atoms with Gasteiger partial charge in [0.2, 0.25) is 0 Å². The van der Waals surface area contributed by atoms with Gasteiger partial charge in [0, 0.05) is 17.7 Å². The first-order valence-electron chi connectivity index (χ1n) is 5.10. The molecule has 16 heavy (non-hydrogen) atoms. The van der Waals surface area contributed by atoms with Gasteiger partial charge >= 0.3 is 5.97 Å². The lowest BCUT2D eigenvalue weighted by molar-refractivity contribution is -0.131. The molecule has 0 aliphatic heterocycles. The van der Waals surface area contributed by atoms with Crippen molar-refractivity contribution in [2.24, 2.45) is 0 Å². The fourth-order valence-electron chi connectivity index (χ4n) is 1.49. The summed E-state index contributed by atoms with van der Waals surface area (Å²) in [5, 5.41) is 9.72. The van der Waals surface area contributed by atoms with Crippen LogP contribution in [0.1, 0.15) is 34.3 Å². The third-order valence-corrected chi connectivity index (χ3v) is 4.12. The first kappa shape index (κ1) is 11.7. The van der Waals surface area contributed by atoms with Gasteiger partial charge in [0.1, 0.15) is 5.01 Å². The summed E-state index contributed by atoms with van der Waals surface area (Å²) in [5.74, 6) is 0.576. The molecule has 1 heterocycles. The summed E-state index contributed by atoms with van der Waals surface area (Å²) in [6.07, 6.45) is 7.30.